The van der Waals surface area contributed by atoms with Crippen LogP contribution in [0.25, 0.3) is 0 Å². The van der Waals surface area contributed by atoms with E-state index in [-0.39, 0.29) is 5.60 Å². The van der Waals surface area contributed by atoms with Gasteiger partial charge in [0.05, 0.1) is 5.60 Å². The molecule has 1 aliphatic rings. The second kappa shape index (κ2) is 4.37. The molecule has 2 rings (SSSR count). The van der Waals surface area contributed by atoms with Crippen molar-refractivity contribution in [2.45, 2.75) is 30.3 Å². The molecule has 0 aliphatic carbocycles. The Kier molecular flexibility index (Phi) is 3.14. The van der Waals surface area contributed by atoms with Gasteiger partial charge in [-0.15, -0.1) is 11.8 Å². The fourth-order valence-corrected chi connectivity index (χ4v) is 2.75. The predicted octanol–water partition coefficient (Wildman–Crippen LogP) is 3.35. The minimum Gasteiger partial charge on any atom is -0.374 e. The quantitative estimate of drug-likeness (QED) is 0.704. The van der Waals surface area contributed by atoms with E-state index in [9.17, 15) is 0 Å². The molecule has 14 heavy (non-hydrogen) atoms. The molecule has 0 saturated carbocycles. The largest absolute Gasteiger partial charge is 0.374 e. The summed E-state index contributed by atoms with van der Waals surface area (Å²) in [5.74, 6) is 1.07. The molecule has 0 radical (unpaired) electrons. The van der Waals surface area contributed by atoms with E-state index in [0.717, 1.165) is 12.4 Å². The van der Waals surface area contributed by atoms with Crippen molar-refractivity contribution in [2.24, 2.45) is 0 Å². The normalized spacial score (nSPS) is 26.6. The lowest BCUT2D eigenvalue weighted by atomic mass is 10.1. The van der Waals surface area contributed by atoms with Crippen LogP contribution in [0.15, 0.2) is 35.2 Å². The van der Waals surface area contributed by atoms with Crippen molar-refractivity contribution in [1.82, 2.24) is 0 Å². The molecule has 1 unspecified atom stereocenters. The predicted molar refractivity (Wildman–Crippen MR) is 60.8 cm³/mol. The number of hydrogen-bond donors (Lipinski definition) is 0. The Bertz CT molecular complexity index is 278. The summed E-state index contributed by atoms with van der Waals surface area (Å²) < 4.78 is 5.74. The second-order valence-electron chi connectivity index (χ2n) is 4.00. The summed E-state index contributed by atoms with van der Waals surface area (Å²) in [4.78, 5) is 1.34. The zero-order valence-electron chi connectivity index (χ0n) is 8.53. The van der Waals surface area contributed by atoms with E-state index in [0.29, 0.717) is 0 Å². The lowest BCUT2D eigenvalue weighted by molar-refractivity contribution is 0.0408. The summed E-state index contributed by atoms with van der Waals surface area (Å²) in [6.45, 7) is 3.15. The molecule has 1 aromatic carbocycles. The maximum absolute atomic E-state index is 5.74. The highest BCUT2D eigenvalue weighted by molar-refractivity contribution is 7.99. The molecule has 1 atom stereocenters. The molecule has 0 N–H and O–H groups in total. The SMILES string of the molecule is CC1(CSc2ccccc2)CCCO1. The monoisotopic (exact) mass is 208 g/mol. The van der Waals surface area contributed by atoms with Crippen LogP contribution >= 0.6 is 11.8 Å². The van der Waals surface area contributed by atoms with Gasteiger partial charge in [0.25, 0.3) is 0 Å². The summed E-state index contributed by atoms with van der Waals surface area (Å²) in [6.07, 6.45) is 2.42. The van der Waals surface area contributed by atoms with E-state index >= 15 is 0 Å². The van der Waals surface area contributed by atoms with Gasteiger partial charge in [0.1, 0.15) is 0 Å². The van der Waals surface area contributed by atoms with E-state index in [2.05, 4.69) is 37.3 Å². The topological polar surface area (TPSA) is 9.23 Å². The van der Waals surface area contributed by atoms with E-state index in [1.807, 2.05) is 11.8 Å². The molecule has 1 saturated heterocycles. The number of rotatable bonds is 3. The third kappa shape index (κ3) is 2.52. The Morgan fingerprint density at radius 1 is 1.36 bits per heavy atom. The first-order valence-corrected chi connectivity index (χ1v) is 6.09. The fourth-order valence-electron chi connectivity index (χ4n) is 1.70. The lowest BCUT2D eigenvalue weighted by Gasteiger charge is -2.22. The molecule has 0 bridgehead atoms. The van der Waals surface area contributed by atoms with Crippen LogP contribution in [0.3, 0.4) is 0 Å². The summed E-state index contributed by atoms with van der Waals surface area (Å²) in [5, 5.41) is 0. The Labute approximate surface area is 89.9 Å². The second-order valence-corrected chi connectivity index (χ2v) is 5.05. The first kappa shape index (κ1) is 10.1. The summed E-state index contributed by atoms with van der Waals surface area (Å²) in [5.41, 5.74) is 0.112. The summed E-state index contributed by atoms with van der Waals surface area (Å²) >= 11 is 1.89. The van der Waals surface area contributed by atoms with E-state index < -0.39 is 0 Å². The molecule has 76 valence electrons. The van der Waals surface area contributed by atoms with Crippen LogP contribution in [-0.4, -0.2) is 18.0 Å². The van der Waals surface area contributed by atoms with E-state index in [1.165, 1.54) is 17.7 Å². The molecule has 2 heteroatoms. The molecular weight excluding hydrogens is 192 g/mol. The van der Waals surface area contributed by atoms with Crippen LogP contribution < -0.4 is 0 Å². The molecule has 1 fully saturated rings. The van der Waals surface area contributed by atoms with Gasteiger partial charge in [0, 0.05) is 17.3 Å². The van der Waals surface area contributed by atoms with Crippen LogP contribution in [-0.2, 0) is 4.74 Å². The van der Waals surface area contributed by atoms with Crippen LogP contribution in [0.4, 0.5) is 0 Å². The molecule has 0 aromatic heterocycles. The minimum absolute atomic E-state index is 0.112. The van der Waals surface area contributed by atoms with Gasteiger partial charge >= 0.3 is 0 Å². The van der Waals surface area contributed by atoms with Gasteiger partial charge in [-0.2, -0.15) is 0 Å². The Balaban J connectivity index is 1.88. The van der Waals surface area contributed by atoms with Gasteiger partial charge in [0.15, 0.2) is 0 Å². The van der Waals surface area contributed by atoms with Crippen LogP contribution in [0.2, 0.25) is 0 Å². The van der Waals surface area contributed by atoms with Crippen molar-refractivity contribution in [1.29, 1.82) is 0 Å². The molecule has 1 heterocycles. The molecule has 0 amide bonds. The molecule has 1 aliphatic heterocycles. The summed E-state index contributed by atoms with van der Waals surface area (Å²) in [7, 11) is 0. The summed E-state index contributed by atoms with van der Waals surface area (Å²) in [6, 6.07) is 10.5. The molecule has 1 aromatic rings. The molecule has 1 nitrogen and oxygen atoms in total. The highest BCUT2D eigenvalue weighted by atomic mass is 32.2. The Morgan fingerprint density at radius 2 is 2.14 bits per heavy atom. The van der Waals surface area contributed by atoms with Crippen molar-refractivity contribution in [2.75, 3.05) is 12.4 Å². The van der Waals surface area contributed by atoms with Crippen molar-refractivity contribution < 1.29 is 4.74 Å². The van der Waals surface area contributed by atoms with Gasteiger partial charge in [0.2, 0.25) is 0 Å². The van der Waals surface area contributed by atoms with Crippen LogP contribution in [0.1, 0.15) is 19.8 Å². The number of hydrogen-bond acceptors (Lipinski definition) is 2. The Hall–Kier alpha value is -0.470. The van der Waals surface area contributed by atoms with Crippen LogP contribution in [0.5, 0.6) is 0 Å². The van der Waals surface area contributed by atoms with Crippen molar-refractivity contribution >= 4 is 11.8 Å². The number of thioether (sulfide) groups is 1. The zero-order chi connectivity index (χ0) is 9.86. The lowest BCUT2D eigenvalue weighted by Crippen LogP contribution is -2.25. The van der Waals surface area contributed by atoms with Gasteiger partial charge in [-0.3, -0.25) is 0 Å². The number of ether oxygens (including phenoxy) is 1. The third-order valence-electron chi connectivity index (χ3n) is 2.59. The van der Waals surface area contributed by atoms with Crippen LogP contribution in [0, 0.1) is 0 Å². The third-order valence-corrected chi connectivity index (χ3v) is 3.95. The Morgan fingerprint density at radius 3 is 2.79 bits per heavy atom. The average molecular weight is 208 g/mol. The van der Waals surface area contributed by atoms with Gasteiger partial charge in [-0.1, -0.05) is 18.2 Å². The van der Waals surface area contributed by atoms with E-state index in [4.69, 9.17) is 4.74 Å². The fraction of sp³-hybridized carbons (Fsp3) is 0.500. The van der Waals surface area contributed by atoms with Gasteiger partial charge in [-0.05, 0) is 31.9 Å². The van der Waals surface area contributed by atoms with Gasteiger partial charge < -0.3 is 4.74 Å². The first-order valence-electron chi connectivity index (χ1n) is 5.10. The average Bonchev–Trinajstić information content (AvgIpc) is 2.65. The highest BCUT2D eigenvalue weighted by Crippen LogP contribution is 2.31. The minimum atomic E-state index is 0.112. The smallest absolute Gasteiger partial charge is 0.0748 e. The maximum Gasteiger partial charge on any atom is 0.0748 e. The van der Waals surface area contributed by atoms with Crippen molar-refractivity contribution in [3.05, 3.63) is 30.3 Å². The van der Waals surface area contributed by atoms with Crippen molar-refractivity contribution in [3.63, 3.8) is 0 Å². The first-order chi connectivity index (χ1) is 6.79. The molecular formula is C12H16OS. The van der Waals surface area contributed by atoms with Gasteiger partial charge in [-0.25, -0.2) is 0 Å². The standard InChI is InChI=1S/C12H16OS/c1-12(8-5-9-13-12)10-14-11-6-3-2-4-7-11/h2-4,6-7H,5,8-10H2,1H3. The highest BCUT2D eigenvalue weighted by Gasteiger charge is 2.29. The molecule has 0 spiro atoms. The zero-order valence-corrected chi connectivity index (χ0v) is 9.35. The van der Waals surface area contributed by atoms with E-state index in [1.54, 1.807) is 0 Å². The number of benzene rings is 1. The van der Waals surface area contributed by atoms with Crippen molar-refractivity contribution in [3.8, 4) is 0 Å². The maximum atomic E-state index is 5.74.